The van der Waals surface area contributed by atoms with Crippen LogP contribution in [0.25, 0.3) is 0 Å². The molecule has 0 atom stereocenters. The second-order valence-electron chi connectivity index (χ2n) is 5.63. The molecule has 0 N–H and O–H groups in total. The van der Waals surface area contributed by atoms with Gasteiger partial charge in [-0.1, -0.05) is 37.6 Å². The fourth-order valence-corrected chi connectivity index (χ4v) is 3.09. The van der Waals surface area contributed by atoms with Crippen LogP contribution in [0.5, 0.6) is 0 Å². The number of hydrogen-bond donors (Lipinski definition) is 0. The molecule has 2 aromatic carbocycles. The first kappa shape index (κ1) is 13.3. The summed E-state index contributed by atoms with van der Waals surface area (Å²) in [5.74, 6) is -1.12. The van der Waals surface area contributed by atoms with Gasteiger partial charge >= 0.3 is 0 Å². The van der Waals surface area contributed by atoms with E-state index < -0.39 is 11.6 Å². The molecule has 1 aliphatic carbocycles. The summed E-state index contributed by atoms with van der Waals surface area (Å²) >= 11 is 0. The summed E-state index contributed by atoms with van der Waals surface area (Å²) in [5.41, 5.74) is 4.52. The Morgan fingerprint density at radius 1 is 0.950 bits per heavy atom. The molecule has 0 amide bonds. The maximum absolute atomic E-state index is 13.3. The third-order valence-electron chi connectivity index (χ3n) is 4.16. The lowest BCUT2D eigenvalue weighted by molar-refractivity contribution is 0.507. The molecule has 0 radical (unpaired) electrons. The van der Waals surface area contributed by atoms with Crippen molar-refractivity contribution < 1.29 is 8.78 Å². The van der Waals surface area contributed by atoms with E-state index in [1.807, 2.05) is 0 Å². The van der Waals surface area contributed by atoms with Crippen LogP contribution in [0.1, 0.15) is 41.5 Å². The largest absolute Gasteiger partial charge is 0.204 e. The Morgan fingerprint density at radius 3 is 2.00 bits per heavy atom. The molecule has 20 heavy (non-hydrogen) atoms. The van der Waals surface area contributed by atoms with Crippen LogP contribution < -0.4 is 0 Å². The van der Waals surface area contributed by atoms with Crippen molar-refractivity contribution in [1.29, 1.82) is 0 Å². The smallest absolute Gasteiger partial charge is 0.159 e. The number of hydrogen-bond acceptors (Lipinski definition) is 0. The van der Waals surface area contributed by atoms with E-state index in [0.717, 1.165) is 36.8 Å². The van der Waals surface area contributed by atoms with Crippen LogP contribution in [0.15, 0.2) is 36.4 Å². The topological polar surface area (TPSA) is 0 Å². The lowest BCUT2D eigenvalue weighted by atomic mass is 9.95. The van der Waals surface area contributed by atoms with Crippen LogP contribution >= 0.6 is 0 Å². The molecule has 0 aromatic heterocycles. The van der Waals surface area contributed by atoms with Gasteiger partial charge in [0, 0.05) is 0 Å². The Hall–Kier alpha value is -1.70. The summed E-state index contributed by atoms with van der Waals surface area (Å²) in [7, 11) is 0. The lowest BCUT2D eigenvalue weighted by Crippen LogP contribution is -1.98. The van der Waals surface area contributed by atoms with Crippen molar-refractivity contribution in [3.63, 3.8) is 0 Å². The minimum atomic E-state index is -0.734. The molecule has 0 heterocycles. The van der Waals surface area contributed by atoms with E-state index in [0.29, 0.717) is 5.92 Å². The van der Waals surface area contributed by atoms with E-state index in [4.69, 9.17) is 0 Å². The third-order valence-corrected chi connectivity index (χ3v) is 4.16. The predicted molar refractivity (Wildman–Crippen MR) is 76.9 cm³/mol. The van der Waals surface area contributed by atoms with E-state index in [1.165, 1.54) is 23.3 Å². The fraction of sp³-hybridized carbons (Fsp3) is 0.333. The molecular formula is C18H18F2. The van der Waals surface area contributed by atoms with E-state index in [-0.39, 0.29) is 0 Å². The van der Waals surface area contributed by atoms with E-state index in [9.17, 15) is 8.78 Å². The minimum Gasteiger partial charge on any atom is -0.204 e. The summed E-state index contributed by atoms with van der Waals surface area (Å²) in [4.78, 5) is 0. The normalized spacial score (nSPS) is 14.6. The zero-order valence-electron chi connectivity index (χ0n) is 11.6. The standard InChI is InChI=1S/C18H18F2/c1-2-3-12-4-6-13(7-5-12)14-8-15-10-17(19)18(20)11-16(15)9-14/h4-7,10-11,14H,2-3,8-9H2,1H3. The predicted octanol–water partition coefficient (Wildman–Crippen LogP) is 4.80. The fourth-order valence-electron chi connectivity index (χ4n) is 3.09. The Balaban J connectivity index is 1.81. The van der Waals surface area contributed by atoms with Gasteiger partial charge in [-0.15, -0.1) is 0 Å². The van der Waals surface area contributed by atoms with Gasteiger partial charge in [-0.2, -0.15) is 0 Å². The van der Waals surface area contributed by atoms with Gasteiger partial charge in [-0.25, -0.2) is 8.78 Å². The van der Waals surface area contributed by atoms with Crippen molar-refractivity contribution in [1.82, 2.24) is 0 Å². The average Bonchev–Trinajstić information content (AvgIpc) is 2.83. The molecule has 0 spiro atoms. The number of rotatable bonds is 3. The molecule has 0 saturated carbocycles. The van der Waals surface area contributed by atoms with Crippen molar-refractivity contribution in [2.75, 3.05) is 0 Å². The molecule has 0 unspecified atom stereocenters. The maximum Gasteiger partial charge on any atom is 0.159 e. The SMILES string of the molecule is CCCc1ccc(C2Cc3cc(F)c(F)cc3C2)cc1. The molecule has 0 aliphatic heterocycles. The van der Waals surface area contributed by atoms with Crippen molar-refractivity contribution in [3.05, 3.63) is 70.3 Å². The zero-order valence-corrected chi connectivity index (χ0v) is 11.6. The van der Waals surface area contributed by atoms with E-state index in [2.05, 4.69) is 31.2 Å². The third kappa shape index (κ3) is 2.47. The molecule has 1 aliphatic rings. The minimum absolute atomic E-state index is 0.349. The highest BCUT2D eigenvalue weighted by Crippen LogP contribution is 2.35. The molecule has 0 bridgehead atoms. The van der Waals surface area contributed by atoms with Crippen molar-refractivity contribution in [2.24, 2.45) is 0 Å². The van der Waals surface area contributed by atoms with Gasteiger partial charge < -0.3 is 0 Å². The average molecular weight is 272 g/mol. The Labute approximate surface area is 118 Å². The maximum atomic E-state index is 13.3. The van der Waals surface area contributed by atoms with Gasteiger partial charge in [-0.05, 0) is 59.6 Å². The van der Waals surface area contributed by atoms with Gasteiger partial charge in [-0.3, -0.25) is 0 Å². The quantitative estimate of drug-likeness (QED) is 0.753. The molecule has 0 saturated heterocycles. The molecule has 2 aromatic rings. The summed E-state index contributed by atoms with van der Waals surface area (Å²) in [6.07, 6.45) is 3.85. The summed E-state index contributed by atoms with van der Waals surface area (Å²) < 4.78 is 26.5. The van der Waals surface area contributed by atoms with E-state index in [1.54, 1.807) is 0 Å². The highest BCUT2D eigenvalue weighted by atomic mass is 19.2. The van der Waals surface area contributed by atoms with Crippen LogP contribution in [0.4, 0.5) is 8.78 Å². The Morgan fingerprint density at radius 2 is 1.50 bits per heavy atom. The summed E-state index contributed by atoms with van der Waals surface area (Å²) in [5, 5.41) is 0. The molecule has 0 fully saturated rings. The molecule has 104 valence electrons. The lowest BCUT2D eigenvalue weighted by Gasteiger charge is -2.10. The van der Waals surface area contributed by atoms with Gasteiger partial charge in [0.15, 0.2) is 11.6 Å². The first-order valence-corrected chi connectivity index (χ1v) is 7.23. The van der Waals surface area contributed by atoms with Gasteiger partial charge in [0.05, 0.1) is 0 Å². The van der Waals surface area contributed by atoms with Crippen molar-refractivity contribution in [2.45, 2.75) is 38.5 Å². The van der Waals surface area contributed by atoms with Crippen LogP contribution in [0, 0.1) is 11.6 Å². The van der Waals surface area contributed by atoms with Crippen molar-refractivity contribution >= 4 is 0 Å². The number of fused-ring (bicyclic) bond motifs is 1. The van der Waals surface area contributed by atoms with Gasteiger partial charge in [0.25, 0.3) is 0 Å². The molecule has 2 heteroatoms. The van der Waals surface area contributed by atoms with Crippen LogP contribution in [0.3, 0.4) is 0 Å². The zero-order chi connectivity index (χ0) is 14.1. The Bertz CT molecular complexity index is 583. The van der Waals surface area contributed by atoms with Gasteiger partial charge in [0.2, 0.25) is 0 Å². The molecular weight excluding hydrogens is 254 g/mol. The first-order chi connectivity index (χ1) is 9.67. The van der Waals surface area contributed by atoms with Crippen LogP contribution in [-0.2, 0) is 19.3 Å². The van der Waals surface area contributed by atoms with Crippen LogP contribution in [0.2, 0.25) is 0 Å². The van der Waals surface area contributed by atoms with E-state index >= 15 is 0 Å². The molecule has 3 rings (SSSR count). The number of benzene rings is 2. The highest BCUT2D eigenvalue weighted by Gasteiger charge is 2.24. The summed E-state index contributed by atoms with van der Waals surface area (Å²) in [6.45, 7) is 2.17. The number of halogens is 2. The Kier molecular flexibility index (Phi) is 3.56. The summed E-state index contributed by atoms with van der Waals surface area (Å²) in [6, 6.07) is 11.4. The van der Waals surface area contributed by atoms with Crippen molar-refractivity contribution in [3.8, 4) is 0 Å². The number of aryl methyl sites for hydroxylation is 1. The molecule has 0 nitrogen and oxygen atoms in total. The highest BCUT2D eigenvalue weighted by molar-refractivity contribution is 5.39. The second kappa shape index (κ2) is 5.35. The van der Waals surface area contributed by atoms with Gasteiger partial charge in [0.1, 0.15) is 0 Å². The monoisotopic (exact) mass is 272 g/mol. The first-order valence-electron chi connectivity index (χ1n) is 7.23. The van der Waals surface area contributed by atoms with Crippen LogP contribution in [-0.4, -0.2) is 0 Å². The second-order valence-corrected chi connectivity index (χ2v) is 5.63.